The van der Waals surface area contributed by atoms with Crippen LogP contribution in [-0.2, 0) is 16.1 Å². The van der Waals surface area contributed by atoms with Crippen molar-refractivity contribution < 1.29 is 14.4 Å². The molecule has 0 aliphatic carbocycles. The number of carbonyl (C=O) groups excluding carboxylic acids is 3. The lowest BCUT2D eigenvalue weighted by Crippen LogP contribution is -2.35. The van der Waals surface area contributed by atoms with Gasteiger partial charge >= 0.3 is 0 Å². The molecule has 0 bridgehead atoms. The number of aromatic nitrogens is 1. The zero-order valence-corrected chi connectivity index (χ0v) is 16.8. The third-order valence-corrected chi connectivity index (χ3v) is 5.20. The molecule has 158 valence electrons. The van der Waals surface area contributed by atoms with Gasteiger partial charge < -0.3 is 20.5 Å². The first kappa shape index (κ1) is 20.3. The van der Waals surface area contributed by atoms with E-state index in [0.29, 0.717) is 29.6 Å². The number of hydrogen-bond donors (Lipinski definition) is 3. The Kier molecular flexibility index (Phi) is 5.79. The highest BCUT2D eigenvalue weighted by atomic mass is 16.2. The second-order valence-electron chi connectivity index (χ2n) is 7.43. The summed E-state index contributed by atoms with van der Waals surface area (Å²) in [7, 11) is 0. The molecule has 3 aromatic rings. The molecule has 0 saturated carbocycles. The van der Waals surface area contributed by atoms with Gasteiger partial charge in [0.05, 0.1) is 6.54 Å². The zero-order valence-electron chi connectivity index (χ0n) is 16.8. The SMILES string of the molecule is O=C(CNC(=O)c1c[nH]c2ccccc2c1=O)Nc1cccc(CN2CCCC2=O)c1. The Morgan fingerprint density at radius 3 is 2.71 bits per heavy atom. The van der Waals surface area contributed by atoms with Gasteiger partial charge in [0, 0.05) is 42.3 Å². The smallest absolute Gasteiger partial charge is 0.257 e. The number of rotatable bonds is 6. The van der Waals surface area contributed by atoms with Crippen molar-refractivity contribution in [3.8, 4) is 0 Å². The van der Waals surface area contributed by atoms with Gasteiger partial charge in [-0.25, -0.2) is 0 Å². The van der Waals surface area contributed by atoms with Crippen LogP contribution < -0.4 is 16.1 Å². The second-order valence-corrected chi connectivity index (χ2v) is 7.43. The summed E-state index contributed by atoms with van der Waals surface area (Å²) < 4.78 is 0. The van der Waals surface area contributed by atoms with E-state index in [1.807, 2.05) is 6.07 Å². The summed E-state index contributed by atoms with van der Waals surface area (Å²) in [5.41, 5.74) is 1.68. The quantitative estimate of drug-likeness (QED) is 0.569. The molecule has 31 heavy (non-hydrogen) atoms. The first-order valence-electron chi connectivity index (χ1n) is 10.1. The van der Waals surface area contributed by atoms with Gasteiger partial charge in [0.15, 0.2) is 0 Å². The zero-order chi connectivity index (χ0) is 21.8. The van der Waals surface area contributed by atoms with Crippen molar-refractivity contribution in [1.29, 1.82) is 0 Å². The lowest BCUT2D eigenvalue weighted by molar-refractivity contribution is -0.128. The fourth-order valence-corrected chi connectivity index (χ4v) is 3.64. The topological polar surface area (TPSA) is 111 Å². The molecule has 1 aliphatic heterocycles. The molecule has 4 rings (SSSR count). The molecule has 0 unspecified atom stereocenters. The normalized spacial score (nSPS) is 13.4. The fourth-order valence-electron chi connectivity index (χ4n) is 3.64. The molecule has 2 heterocycles. The predicted octanol–water partition coefficient (Wildman–Crippen LogP) is 2.02. The number of fused-ring (bicyclic) bond motifs is 1. The van der Waals surface area contributed by atoms with Crippen molar-refractivity contribution >= 4 is 34.3 Å². The van der Waals surface area contributed by atoms with E-state index in [-0.39, 0.29) is 18.0 Å². The summed E-state index contributed by atoms with van der Waals surface area (Å²) in [5.74, 6) is -0.899. The molecule has 1 aliphatic rings. The maximum absolute atomic E-state index is 12.5. The molecular formula is C23H22N4O4. The van der Waals surface area contributed by atoms with Crippen LogP contribution in [0, 0.1) is 0 Å². The lowest BCUT2D eigenvalue weighted by Gasteiger charge is -2.16. The average Bonchev–Trinajstić information content (AvgIpc) is 3.17. The van der Waals surface area contributed by atoms with E-state index >= 15 is 0 Å². The Labute approximate surface area is 178 Å². The Morgan fingerprint density at radius 2 is 1.90 bits per heavy atom. The molecule has 0 radical (unpaired) electrons. The first-order chi connectivity index (χ1) is 15.0. The number of anilines is 1. The van der Waals surface area contributed by atoms with E-state index < -0.39 is 17.2 Å². The average molecular weight is 418 g/mol. The van der Waals surface area contributed by atoms with Crippen LogP contribution in [-0.4, -0.2) is 40.7 Å². The number of carbonyl (C=O) groups is 3. The van der Waals surface area contributed by atoms with E-state index in [9.17, 15) is 19.2 Å². The highest BCUT2D eigenvalue weighted by molar-refractivity contribution is 6.00. The Hall–Kier alpha value is -3.94. The molecule has 2 aromatic carbocycles. The number of pyridine rings is 1. The number of H-pyrrole nitrogens is 1. The predicted molar refractivity (Wildman–Crippen MR) is 117 cm³/mol. The molecule has 8 heteroatoms. The van der Waals surface area contributed by atoms with Gasteiger partial charge in [-0.15, -0.1) is 0 Å². The monoisotopic (exact) mass is 418 g/mol. The molecule has 1 aromatic heterocycles. The highest BCUT2D eigenvalue weighted by Gasteiger charge is 2.20. The number of amides is 3. The largest absolute Gasteiger partial charge is 0.360 e. The van der Waals surface area contributed by atoms with Gasteiger partial charge in [-0.3, -0.25) is 19.2 Å². The van der Waals surface area contributed by atoms with Crippen molar-refractivity contribution in [2.24, 2.45) is 0 Å². The number of nitrogens with one attached hydrogen (secondary N) is 3. The summed E-state index contributed by atoms with van der Waals surface area (Å²) in [4.78, 5) is 53.7. The van der Waals surface area contributed by atoms with Crippen LogP contribution >= 0.6 is 0 Å². The Bertz CT molecular complexity index is 1220. The Morgan fingerprint density at radius 1 is 1.06 bits per heavy atom. The molecular weight excluding hydrogens is 396 g/mol. The molecule has 1 fully saturated rings. The molecule has 8 nitrogen and oxygen atoms in total. The van der Waals surface area contributed by atoms with Crippen LogP contribution in [0.25, 0.3) is 10.9 Å². The molecule has 0 spiro atoms. The molecule has 3 amide bonds. The minimum Gasteiger partial charge on any atom is -0.360 e. The summed E-state index contributed by atoms with van der Waals surface area (Å²) in [6, 6.07) is 14.1. The third-order valence-electron chi connectivity index (χ3n) is 5.20. The van der Waals surface area contributed by atoms with Gasteiger partial charge in [-0.05, 0) is 36.2 Å². The number of aromatic amines is 1. The van der Waals surface area contributed by atoms with Gasteiger partial charge in [0.25, 0.3) is 5.91 Å². The third kappa shape index (κ3) is 4.63. The summed E-state index contributed by atoms with van der Waals surface area (Å²) in [5, 5.41) is 5.62. The van der Waals surface area contributed by atoms with Crippen LogP contribution in [0.3, 0.4) is 0 Å². The number of likely N-dealkylation sites (tertiary alicyclic amines) is 1. The summed E-state index contributed by atoms with van der Waals surface area (Å²) in [6.45, 7) is 0.972. The maximum atomic E-state index is 12.5. The van der Waals surface area contributed by atoms with Crippen molar-refractivity contribution in [1.82, 2.24) is 15.2 Å². The molecule has 3 N–H and O–H groups in total. The molecule has 1 saturated heterocycles. The van der Waals surface area contributed by atoms with Crippen LogP contribution in [0.2, 0.25) is 0 Å². The van der Waals surface area contributed by atoms with E-state index in [0.717, 1.165) is 18.5 Å². The van der Waals surface area contributed by atoms with E-state index in [2.05, 4.69) is 15.6 Å². The standard InChI is InChI=1S/C23H22N4O4/c28-20(26-16-6-3-5-15(11-16)14-27-10-4-9-21(27)29)13-25-23(31)18-12-24-19-8-2-1-7-17(19)22(18)30/h1-3,5-8,11-12H,4,9-10,13-14H2,(H,24,30)(H,25,31)(H,26,28). The lowest BCUT2D eigenvalue weighted by atomic mass is 10.1. The van der Waals surface area contributed by atoms with Gasteiger partial charge in [0.2, 0.25) is 17.2 Å². The van der Waals surface area contributed by atoms with E-state index in [4.69, 9.17) is 0 Å². The molecule has 0 atom stereocenters. The van der Waals surface area contributed by atoms with Crippen molar-refractivity contribution in [2.75, 3.05) is 18.4 Å². The number of nitrogens with zero attached hydrogens (tertiary/aromatic N) is 1. The number of para-hydroxylation sites is 1. The van der Waals surface area contributed by atoms with Crippen molar-refractivity contribution in [2.45, 2.75) is 19.4 Å². The summed E-state index contributed by atoms with van der Waals surface area (Å²) >= 11 is 0. The van der Waals surface area contributed by atoms with E-state index in [1.165, 1.54) is 6.20 Å². The Balaban J connectivity index is 1.36. The minimum atomic E-state index is -0.622. The highest BCUT2D eigenvalue weighted by Crippen LogP contribution is 2.17. The number of hydrogen-bond acceptors (Lipinski definition) is 4. The fraction of sp³-hybridized carbons (Fsp3) is 0.217. The van der Waals surface area contributed by atoms with Gasteiger partial charge in [-0.2, -0.15) is 0 Å². The second kappa shape index (κ2) is 8.83. The van der Waals surface area contributed by atoms with Gasteiger partial charge in [0.1, 0.15) is 5.56 Å². The van der Waals surface area contributed by atoms with Crippen molar-refractivity contribution in [3.63, 3.8) is 0 Å². The minimum absolute atomic E-state index is 0.0521. The van der Waals surface area contributed by atoms with Crippen molar-refractivity contribution in [3.05, 3.63) is 76.1 Å². The van der Waals surface area contributed by atoms with Crippen LogP contribution in [0.5, 0.6) is 0 Å². The van der Waals surface area contributed by atoms with E-state index in [1.54, 1.807) is 47.4 Å². The number of benzene rings is 2. The summed E-state index contributed by atoms with van der Waals surface area (Å²) in [6.07, 6.45) is 2.80. The van der Waals surface area contributed by atoms with Crippen LogP contribution in [0.1, 0.15) is 28.8 Å². The van der Waals surface area contributed by atoms with Gasteiger partial charge in [-0.1, -0.05) is 24.3 Å². The maximum Gasteiger partial charge on any atom is 0.257 e. The first-order valence-corrected chi connectivity index (χ1v) is 10.1. The van der Waals surface area contributed by atoms with Crippen LogP contribution in [0.15, 0.2) is 59.5 Å². The van der Waals surface area contributed by atoms with Crippen LogP contribution in [0.4, 0.5) is 5.69 Å².